The van der Waals surface area contributed by atoms with Crippen molar-refractivity contribution in [2.45, 2.75) is 52.7 Å². The van der Waals surface area contributed by atoms with Crippen LogP contribution in [0.15, 0.2) is 18.2 Å². The average molecular weight is 329 g/mol. The van der Waals surface area contributed by atoms with Gasteiger partial charge in [0.25, 0.3) is 0 Å². The molecule has 0 N–H and O–H groups in total. The number of pyridine rings is 1. The number of anilines is 1. The Bertz CT molecular complexity index is 533. The predicted octanol–water partition coefficient (Wildman–Crippen LogP) is 4.41. The van der Waals surface area contributed by atoms with Gasteiger partial charge in [0.2, 0.25) is 0 Å². The predicted molar refractivity (Wildman–Crippen MR) is 84.2 cm³/mol. The van der Waals surface area contributed by atoms with Crippen molar-refractivity contribution in [3.05, 3.63) is 23.4 Å². The maximum absolute atomic E-state index is 12.3. The molecule has 0 aliphatic carbocycles. The van der Waals surface area contributed by atoms with Gasteiger partial charge in [-0.05, 0) is 53.7 Å². The minimum atomic E-state index is -0.878. The molecule has 0 spiro atoms. The fourth-order valence-corrected chi connectivity index (χ4v) is 1.56. The number of imide groups is 1. The van der Waals surface area contributed by atoms with E-state index in [-0.39, 0.29) is 11.0 Å². The molecule has 1 aromatic heterocycles. The lowest BCUT2D eigenvalue weighted by Gasteiger charge is -2.28. The van der Waals surface area contributed by atoms with Crippen molar-refractivity contribution in [2.75, 3.05) is 4.90 Å². The van der Waals surface area contributed by atoms with Crippen LogP contribution in [0.4, 0.5) is 15.4 Å². The van der Waals surface area contributed by atoms with Crippen LogP contribution in [-0.2, 0) is 9.47 Å². The fourth-order valence-electron chi connectivity index (χ4n) is 1.40. The molecule has 0 atom stereocenters. The fraction of sp³-hybridized carbons (Fsp3) is 0.533. The third-order valence-electron chi connectivity index (χ3n) is 2.08. The third kappa shape index (κ3) is 5.89. The molecule has 0 saturated heterocycles. The van der Waals surface area contributed by atoms with E-state index < -0.39 is 23.4 Å². The number of hydrogen-bond acceptors (Lipinski definition) is 5. The standard InChI is InChI=1S/C15H21ClN2O4/c1-14(2,3)21-12(19)18(13(20)22-15(4,5)6)11-9-7-8-10(16)17-11/h7-9H,1-6H3. The van der Waals surface area contributed by atoms with Gasteiger partial charge < -0.3 is 9.47 Å². The summed E-state index contributed by atoms with van der Waals surface area (Å²) in [6, 6.07) is 4.58. The Kier molecular flexibility index (Phi) is 5.40. The van der Waals surface area contributed by atoms with Crippen LogP contribution in [0.2, 0.25) is 5.15 Å². The number of carbonyl (C=O) groups is 2. The lowest BCUT2D eigenvalue weighted by atomic mass is 10.2. The number of halogens is 1. The Morgan fingerprint density at radius 3 is 1.82 bits per heavy atom. The van der Waals surface area contributed by atoms with Gasteiger partial charge in [-0.2, -0.15) is 4.90 Å². The number of ether oxygens (including phenoxy) is 2. The van der Waals surface area contributed by atoms with E-state index in [9.17, 15) is 9.59 Å². The molecule has 6 nitrogen and oxygen atoms in total. The molecule has 1 aromatic rings. The molecule has 0 aliphatic rings. The number of aromatic nitrogens is 1. The van der Waals surface area contributed by atoms with E-state index in [0.717, 1.165) is 4.90 Å². The first-order valence-corrected chi connectivity index (χ1v) is 7.15. The van der Waals surface area contributed by atoms with Gasteiger partial charge in [0.1, 0.15) is 16.4 Å². The minimum absolute atomic E-state index is 0.0380. The first-order valence-electron chi connectivity index (χ1n) is 6.78. The lowest BCUT2D eigenvalue weighted by molar-refractivity contribution is 0.0429. The molecule has 7 heteroatoms. The van der Waals surface area contributed by atoms with Gasteiger partial charge in [-0.25, -0.2) is 14.6 Å². The van der Waals surface area contributed by atoms with Crippen LogP contribution in [0.1, 0.15) is 41.5 Å². The molecule has 1 rings (SSSR count). The zero-order valence-corrected chi connectivity index (χ0v) is 14.4. The summed E-state index contributed by atoms with van der Waals surface area (Å²) in [4.78, 5) is 29.3. The van der Waals surface area contributed by atoms with E-state index >= 15 is 0 Å². The summed E-state index contributed by atoms with van der Waals surface area (Å²) < 4.78 is 10.5. The van der Waals surface area contributed by atoms with Crippen LogP contribution in [0, 0.1) is 0 Å². The third-order valence-corrected chi connectivity index (χ3v) is 2.29. The molecule has 122 valence electrons. The van der Waals surface area contributed by atoms with Crippen molar-refractivity contribution in [2.24, 2.45) is 0 Å². The highest BCUT2D eigenvalue weighted by molar-refractivity contribution is 6.29. The Labute approximate surface area is 135 Å². The van der Waals surface area contributed by atoms with Crippen molar-refractivity contribution >= 4 is 29.6 Å². The average Bonchev–Trinajstić information content (AvgIpc) is 2.23. The van der Waals surface area contributed by atoms with Crippen molar-refractivity contribution in [3.63, 3.8) is 0 Å². The first kappa shape index (κ1) is 18.2. The van der Waals surface area contributed by atoms with E-state index in [0.29, 0.717) is 0 Å². The number of carbonyl (C=O) groups excluding carboxylic acids is 2. The summed E-state index contributed by atoms with van der Waals surface area (Å²) in [7, 11) is 0. The molecule has 0 radical (unpaired) electrons. The van der Waals surface area contributed by atoms with Crippen molar-refractivity contribution in [1.82, 2.24) is 4.98 Å². The monoisotopic (exact) mass is 328 g/mol. The number of hydrogen-bond donors (Lipinski definition) is 0. The Hall–Kier alpha value is -1.82. The second kappa shape index (κ2) is 6.52. The topological polar surface area (TPSA) is 68.7 Å². The zero-order valence-electron chi connectivity index (χ0n) is 13.6. The smallest absolute Gasteiger partial charge is 0.425 e. The second-order valence-corrected chi connectivity index (χ2v) is 7.00. The maximum atomic E-state index is 12.3. The molecule has 0 fully saturated rings. The zero-order chi connectivity index (χ0) is 17.1. The summed E-state index contributed by atoms with van der Waals surface area (Å²) in [6.45, 7) is 10.2. The normalized spacial score (nSPS) is 11.8. The van der Waals surface area contributed by atoms with Gasteiger partial charge in [0.15, 0.2) is 5.82 Å². The summed E-state index contributed by atoms with van der Waals surface area (Å²) in [5.74, 6) is 0.0380. The molecule has 0 aromatic carbocycles. The van der Waals surface area contributed by atoms with Gasteiger partial charge in [0.05, 0.1) is 0 Å². The van der Waals surface area contributed by atoms with E-state index in [4.69, 9.17) is 21.1 Å². The number of amides is 2. The van der Waals surface area contributed by atoms with E-state index in [1.807, 2.05) is 0 Å². The molecule has 0 saturated carbocycles. The van der Waals surface area contributed by atoms with Crippen LogP contribution in [0.25, 0.3) is 0 Å². The molecule has 0 aliphatic heterocycles. The first-order chi connectivity index (χ1) is 9.89. The van der Waals surface area contributed by atoms with Gasteiger partial charge in [-0.1, -0.05) is 17.7 Å². The Morgan fingerprint density at radius 1 is 1.00 bits per heavy atom. The quantitative estimate of drug-likeness (QED) is 0.714. The highest BCUT2D eigenvalue weighted by Gasteiger charge is 2.33. The van der Waals surface area contributed by atoms with Gasteiger partial charge >= 0.3 is 12.2 Å². The molecule has 22 heavy (non-hydrogen) atoms. The number of rotatable bonds is 1. The molecule has 2 amide bonds. The van der Waals surface area contributed by atoms with E-state index in [1.165, 1.54) is 12.1 Å². The number of nitrogens with zero attached hydrogens (tertiary/aromatic N) is 2. The van der Waals surface area contributed by atoms with Crippen LogP contribution in [-0.4, -0.2) is 28.4 Å². The SMILES string of the molecule is CC(C)(C)OC(=O)N(C(=O)OC(C)(C)C)c1cccc(Cl)n1. The van der Waals surface area contributed by atoms with Crippen LogP contribution >= 0.6 is 11.6 Å². The molecule has 0 unspecified atom stereocenters. The molecule has 1 heterocycles. The summed E-state index contributed by atoms with van der Waals surface area (Å²) in [6.07, 6.45) is -1.76. The van der Waals surface area contributed by atoms with Crippen LogP contribution in [0.3, 0.4) is 0 Å². The van der Waals surface area contributed by atoms with Gasteiger partial charge in [0, 0.05) is 0 Å². The van der Waals surface area contributed by atoms with Crippen LogP contribution in [0.5, 0.6) is 0 Å². The van der Waals surface area contributed by atoms with E-state index in [1.54, 1.807) is 47.6 Å². The van der Waals surface area contributed by atoms with Crippen molar-refractivity contribution in [1.29, 1.82) is 0 Å². The van der Waals surface area contributed by atoms with Gasteiger partial charge in [-0.3, -0.25) is 0 Å². The highest BCUT2D eigenvalue weighted by Crippen LogP contribution is 2.21. The summed E-state index contributed by atoms with van der Waals surface area (Å²) in [5.41, 5.74) is -1.54. The van der Waals surface area contributed by atoms with Crippen molar-refractivity contribution < 1.29 is 19.1 Å². The summed E-state index contributed by atoms with van der Waals surface area (Å²) in [5, 5.41) is 0.148. The highest BCUT2D eigenvalue weighted by atomic mass is 35.5. The Balaban J connectivity index is 3.15. The Morgan fingerprint density at radius 2 is 1.45 bits per heavy atom. The largest absolute Gasteiger partial charge is 0.443 e. The minimum Gasteiger partial charge on any atom is -0.443 e. The molecular weight excluding hydrogens is 308 g/mol. The summed E-state index contributed by atoms with van der Waals surface area (Å²) >= 11 is 5.82. The van der Waals surface area contributed by atoms with Crippen molar-refractivity contribution in [3.8, 4) is 0 Å². The second-order valence-electron chi connectivity index (χ2n) is 6.61. The molecule has 0 bridgehead atoms. The maximum Gasteiger partial charge on any atom is 0.425 e. The lowest BCUT2D eigenvalue weighted by Crippen LogP contribution is -2.44. The molecular formula is C15H21ClN2O4. The van der Waals surface area contributed by atoms with Crippen LogP contribution < -0.4 is 4.90 Å². The van der Waals surface area contributed by atoms with Gasteiger partial charge in [-0.15, -0.1) is 0 Å². The van der Waals surface area contributed by atoms with E-state index in [2.05, 4.69) is 4.98 Å².